The number of benzene rings is 1. The number of ether oxygens (including phenoxy) is 1. The Labute approximate surface area is 166 Å². The number of rotatable bonds is 4. The quantitative estimate of drug-likeness (QED) is 0.825. The van der Waals surface area contributed by atoms with Crippen molar-refractivity contribution in [1.82, 2.24) is 5.32 Å². The maximum absolute atomic E-state index is 12.7. The summed E-state index contributed by atoms with van der Waals surface area (Å²) in [6, 6.07) is 9.58. The minimum absolute atomic E-state index is 0.0707. The summed E-state index contributed by atoms with van der Waals surface area (Å²) in [7, 11) is 1.56. The summed E-state index contributed by atoms with van der Waals surface area (Å²) in [5.41, 5.74) is 2.45. The second kappa shape index (κ2) is 7.52. The molecule has 1 aromatic heterocycles. The number of carbonyl (C=O) groups excluding carboxylic acids is 2. The average Bonchev–Trinajstić information content (AvgIpc) is 3.27. The molecule has 0 unspecified atom stereocenters. The van der Waals surface area contributed by atoms with Gasteiger partial charge in [-0.2, -0.15) is 5.26 Å². The van der Waals surface area contributed by atoms with Crippen LogP contribution in [0.5, 0.6) is 5.75 Å². The third-order valence-electron chi connectivity index (χ3n) is 5.02. The van der Waals surface area contributed by atoms with E-state index in [-0.39, 0.29) is 24.9 Å². The SMILES string of the molecule is CNC(=O)[C@@H]1CN(CC(=O)Nc2sc3c(c2C#N)CCC3)c2ccccc2O1. The van der Waals surface area contributed by atoms with Crippen molar-refractivity contribution in [3.8, 4) is 11.8 Å². The van der Waals surface area contributed by atoms with E-state index in [9.17, 15) is 14.9 Å². The Morgan fingerprint density at radius 3 is 2.96 bits per heavy atom. The molecule has 2 heterocycles. The molecular weight excluding hydrogens is 376 g/mol. The Balaban J connectivity index is 1.53. The average molecular weight is 396 g/mol. The first-order valence-electron chi connectivity index (χ1n) is 9.17. The minimum atomic E-state index is -0.687. The standard InChI is InChI=1S/C20H20N4O3S/c1-22-19(26)16-10-24(14-6-2-3-7-15(14)27-16)11-18(25)23-20-13(9-21)12-5-4-8-17(12)28-20/h2-3,6-7,16H,4-5,8,10-11H2,1H3,(H,22,26)(H,23,25)/t16-/m0/s1. The van der Waals surface area contributed by atoms with Crippen LogP contribution in [0.1, 0.15) is 22.4 Å². The van der Waals surface area contributed by atoms with Gasteiger partial charge in [0, 0.05) is 11.9 Å². The highest BCUT2D eigenvalue weighted by atomic mass is 32.1. The molecule has 2 aromatic rings. The highest BCUT2D eigenvalue weighted by Gasteiger charge is 2.31. The number of thiophene rings is 1. The zero-order valence-corrected chi connectivity index (χ0v) is 16.3. The lowest BCUT2D eigenvalue weighted by atomic mass is 10.1. The van der Waals surface area contributed by atoms with E-state index in [2.05, 4.69) is 16.7 Å². The van der Waals surface area contributed by atoms with Crippen LogP contribution < -0.4 is 20.3 Å². The zero-order valence-electron chi connectivity index (χ0n) is 15.4. The number of amides is 2. The molecule has 0 spiro atoms. The van der Waals surface area contributed by atoms with Crippen LogP contribution in [0.15, 0.2) is 24.3 Å². The molecule has 1 aliphatic carbocycles. The smallest absolute Gasteiger partial charge is 0.262 e. The molecule has 0 saturated heterocycles. The summed E-state index contributed by atoms with van der Waals surface area (Å²) < 4.78 is 5.77. The van der Waals surface area contributed by atoms with Crippen LogP contribution in [0.3, 0.4) is 0 Å². The van der Waals surface area contributed by atoms with Crippen LogP contribution in [0.2, 0.25) is 0 Å². The third-order valence-corrected chi connectivity index (χ3v) is 6.23. The summed E-state index contributed by atoms with van der Waals surface area (Å²) in [4.78, 5) is 27.8. The number of carbonyl (C=O) groups is 2. The van der Waals surface area contributed by atoms with Gasteiger partial charge in [0.15, 0.2) is 6.10 Å². The normalized spacial score (nSPS) is 17.1. The second-order valence-electron chi connectivity index (χ2n) is 6.79. The zero-order chi connectivity index (χ0) is 19.7. The lowest BCUT2D eigenvalue weighted by Crippen LogP contribution is -2.50. The number of fused-ring (bicyclic) bond motifs is 2. The van der Waals surface area contributed by atoms with Crippen LogP contribution >= 0.6 is 11.3 Å². The molecule has 0 radical (unpaired) electrons. The lowest BCUT2D eigenvalue weighted by molar-refractivity contribution is -0.127. The molecule has 7 nitrogen and oxygen atoms in total. The number of anilines is 2. The number of aryl methyl sites for hydroxylation is 1. The topological polar surface area (TPSA) is 94.5 Å². The summed E-state index contributed by atoms with van der Waals surface area (Å²) in [5, 5.41) is 15.6. The van der Waals surface area contributed by atoms with E-state index in [1.807, 2.05) is 23.1 Å². The molecular formula is C20H20N4O3S. The maximum Gasteiger partial charge on any atom is 0.262 e. The summed E-state index contributed by atoms with van der Waals surface area (Å²) >= 11 is 1.50. The van der Waals surface area contributed by atoms with E-state index in [0.29, 0.717) is 16.3 Å². The largest absolute Gasteiger partial charge is 0.477 e. The summed E-state index contributed by atoms with van der Waals surface area (Å²) in [6.45, 7) is 0.345. The van der Waals surface area contributed by atoms with Gasteiger partial charge in [-0.15, -0.1) is 11.3 Å². The first kappa shape index (κ1) is 18.3. The van der Waals surface area contributed by atoms with E-state index in [4.69, 9.17) is 4.74 Å². The van der Waals surface area contributed by atoms with Crippen molar-refractivity contribution < 1.29 is 14.3 Å². The molecule has 144 valence electrons. The van der Waals surface area contributed by atoms with Gasteiger partial charge < -0.3 is 20.3 Å². The Morgan fingerprint density at radius 2 is 2.18 bits per heavy atom. The Bertz CT molecular complexity index is 978. The summed E-state index contributed by atoms with van der Waals surface area (Å²) in [5.74, 6) is 0.119. The summed E-state index contributed by atoms with van der Waals surface area (Å²) in [6.07, 6.45) is 2.24. The van der Waals surface area contributed by atoms with E-state index in [1.54, 1.807) is 13.1 Å². The predicted octanol–water partition coefficient (Wildman–Crippen LogP) is 2.06. The monoisotopic (exact) mass is 396 g/mol. The van der Waals surface area contributed by atoms with Crippen LogP contribution in [-0.2, 0) is 22.4 Å². The van der Waals surface area contributed by atoms with Gasteiger partial charge in [-0.1, -0.05) is 12.1 Å². The molecule has 1 aromatic carbocycles. The van der Waals surface area contributed by atoms with Crippen molar-refractivity contribution >= 4 is 33.8 Å². The van der Waals surface area contributed by atoms with Crippen molar-refractivity contribution in [2.24, 2.45) is 0 Å². The Morgan fingerprint density at radius 1 is 1.36 bits per heavy atom. The van der Waals surface area contributed by atoms with Crippen molar-refractivity contribution in [2.45, 2.75) is 25.4 Å². The van der Waals surface area contributed by atoms with Gasteiger partial charge >= 0.3 is 0 Å². The lowest BCUT2D eigenvalue weighted by Gasteiger charge is -2.34. The minimum Gasteiger partial charge on any atom is -0.477 e. The number of nitrogens with one attached hydrogen (secondary N) is 2. The fourth-order valence-corrected chi connectivity index (χ4v) is 4.96. The molecule has 2 amide bonds. The van der Waals surface area contributed by atoms with Crippen LogP contribution in [0.4, 0.5) is 10.7 Å². The van der Waals surface area contributed by atoms with Gasteiger partial charge in [-0.05, 0) is 37.0 Å². The fraction of sp³-hybridized carbons (Fsp3) is 0.350. The van der Waals surface area contributed by atoms with E-state index >= 15 is 0 Å². The predicted molar refractivity (Wildman–Crippen MR) is 107 cm³/mol. The molecule has 4 rings (SSSR count). The molecule has 28 heavy (non-hydrogen) atoms. The van der Waals surface area contributed by atoms with E-state index < -0.39 is 6.10 Å². The first-order valence-corrected chi connectivity index (χ1v) is 9.99. The second-order valence-corrected chi connectivity index (χ2v) is 7.90. The first-order chi connectivity index (χ1) is 13.6. The van der Waals surface area contributed by atoms with Crippen molar-refractivity contribution in [2.75, 3.05) is 30.4 Å². The van der Waals surface area contributed by atoms with Gasteiger partial charge in [-0.25, -0.2) is 0 Å². The van der Waals surface area contributed by atoms with Gasteiger partial charge in [-0.3, -0.25) is 9.59 Å². The van der Waals surface area contributed by atoms with Crippen molar-refractivity contribution in [3.05, 3.63) is 40.3 Å². The molecule has 0 bridgehead atoms. The van der Waals surface area contributed by atoms with Crippen LogP contribution in [-0.4, -0.2) is 38.1 Å². The van der Waals surface area contributed by atoms with Crippen molar-refractivity contribution in [1.29, 1.82) is 5.26 Å². The van der Waals surface area contributed by atoms with Gasteiger partial charge in [0.05, 0.1) is 24.3 Å². The van der Waals surface area contributed by atoms with Gasteiger partial charge in [0.2, 0.25) is 5.91 Å². The Hall–Kier alpha value is -3.05. The van der Waals surface area contributed by atoms with E-state index in [1.165, 1.54) is 16.2 Å². The number of para-hydroxylation sites is 2. The van der Waals surface area contributed by atoms with Gasteiger partial charge in [0.25, 0.3) is 5.91 Å². The van der Waals surface area contributed by atoms with Crippen molar-refractivity contribution in [3.63, 3.8) is 0 Å². The number of nitrogens with zero attached hydrogens (tertiary/aromatic N) is 2. The highest BCUT2D eigenvalue weighted by molar-refractivity contribution is 7.16. The molecule has 8 heteroatoms. The van der Waals surface area contributed by atoms with Gasteiger partial charge in [0.1, 0.15) is 16.8 Å². The number of hydrogen-bond donors (Lipinski definition) is 2. The number of likely N-dealkylation sites (N-methyl/N-ethyl adjacent to an activating group) is 1. The van der Waals surface area contributed by atoms with E-state index in [0.717, 1.165) is 30.5 Å². The highest BCUT2D eigenvalue weighted by Crippen LogP contribution is 2.39. The molecule has 0 saturated carbocycles. The Kier molecular flexibility index (Phi) is 4.92. The van der Waals surface area contributed by atoms with Crippen LogP contribution in [0.25, 0.3) is 0 Å². The number of nitriles is 1. The molecule has 2 aliphatic rings. The molecule has 0 fully saturated rings. The molecule has 2 N–H and O–H groups in total. The molecule has 1 aliphatic heterocycles. The maximum atomic E-state index is 12.7. The molecule has 1 atom stereocenters. The third kappa shape index (κ3) is 3.29. The fourth-order valence-electron chi connectivity index (χ4n) is 3.70. The number of hydrogen-bond acceptors (Lipinski definition) is 6. The van der Waals surface area contributed by atoms with Crippen LogP contribution in [0, 0.1) is 11.3 Å².